The van der Waals surface area contributed by atoms with Gasteiger partial charge in [0.2, 0.25) is 6.20 Å². The quantitative estimate of drug-likeness (QED) is 0.384. The molecule has 0 N–H and O–H groups in total. The van der Waals surface area contributed by atoms with E-state index < -0.39 is 0 Å². The van der Waals surface area contributed by atoms with Gasteiger partial charge in [-0.25, -0.2) is 4.39 Å². The number of aromatic nitrogens is 1. The van der Waals surface area contributed by atoms with Gasteiger partial charge in [-0.1, -0.05) is 0 Å². The molecule has 0 bridgehead atoms. The van der Waals surface area contributed by atoms with Crippen molar-refractivity contribution in [2.45, 2.75) is 0 Å². The van der Waals surface area contributed by atoms with Crippen LogP contribution in [0.1, 0.15) is 0 Å². The number of rotatable bonds is 0. The Morgan fingerprint density at radius 1 is 1.56 bits per heavy atom. The Kier molecular flexibility index (Phi) is 1.67. The van der Waals surface area contributed by atoms with Crippen LogP contribution in [-0.2, 0) is 7.05 Å². The average Bonchev–Trinajstić information content (AvgIpc) is 1.80. The maximum absolute atomic E-state index is 12.3. The second-order valence-corrected chi connectivity index (χ2v) is 2.17. The summed E-state index contributed by atoms with van der Waals surface area (Å²) in [7, 11) is 1.69. The fourth-order valence-corrected chi connectivity index (χ4v) is 0.667. The summed E-state index contributed by atoms with van der Waals surface area (Å²) in [5.41, 5.74) is 0. The second-order valence-electron chi connectivity index (χ2n) is 1.78. The van der Waals surface area contributed by atoms with E-state index in [0.717, 1.165) is 0 Å². The lowest BCUT2D eigenvalue weighted by atomic mass is 10.5. The SMILES string of the molecule is C[n+]1cc(F)ccc1Cl. The van der Waals surface area contributed by atoms with E-state index in [4.69, 9.17) is 11.6 Å². The van der Waals surface area contributed by atoms with Crippen LogP contribution in [0.5, 0.6) is 0 Å². The van der Waals surface area contributed by atoms with Crippen molar-refractivity contribution in [3.63, 3.8) is 0 Å². The highest BCUT2D eigenvalue weighted by atomic mass is 35.5. The molecule has 0 spiro atoms. The van der Waals surface area contributed by atoms with Crippen LogP contribution in [0.4, 0.5) is 4.39 Å². The number of halogens is 2. The Morgan fingerprint density at radius 2 is 2.22 bits per heavy atom. The molecule has 0 saturated carbocycles. The first-order chi connectivity index (χ1) is 4.20. The zero-order valence-electron chi connectivity index (χ0n) is 4.94. The molecule has 1 aromatic rings. The Hall–Kier alpha value is -0.630. The first kappa shape index (κ1) is 6.49. The van der Waals surface area contributed by atoms with E-state index in [0.29, 0.717) is 5.15 Å². The molecular formula is C6H6ClFN+. The van der Waals surface area contributed by atoms with E-state index in [2.05, 4.69) is 0 Å². The molecule has 0 aliphatic rings. The fourth-order valence-electron chi connectivity index (χ4n) is 0.556. The van der Waals surface area contributed by atoms with Gasteiger partial charge in [0.15, 0.2) is 5.82 Å². The molecule has 0 fully saturated rings. The van der Waals surface area contributed by atoms with Gasteiger partial charge in [-0.05, 0) is 17.7 Å². The van der Waals surface area contributed by atoms with Crippen molar-refractivity contribution < 1.29 is 8.96 Å². The maximum Gasteiger partial charge on any atom is 0.274 e. The topological polar surface area (TPSA) is 3.88 Å². The molecule has 0 aromatic carbocycles. The molecule has 1 nitrogen and oxygen atoms in total. The van der Waals surface area contributed by atoms with Gasteiger partial charge in [0.25, 0.3) is 5.15 Å². The largest absolute Gasteiger partial charge is 0.274 e. The van der Waals surface area contributed by atoms with E-state index in [9.17, 15) is 4.39 Å². The van der Waals surface area contributed by atoms with E-state index in [1.165, 1.54) is 22.9 Å². The molecule has 1 aromatic heterocycles. The maximum atomic E-state index is 12.3. The molecule has 9 heavy (non-hydrogen) atoms. The Balaban J connectivity index is 3.17. The smallest absolute Gasteiger partial charge is 0.200 e. The molecule has 48 valence electrons. The van der Waals surface area contributed by atoms with Crippen LogP contribution < -0.4 is 4.57 Å². The highest BCUT2D eigenvalue weighted by Crippen LogP contribution is 2.00. The molecular weight excluding hydrogens is 141 g/mol. The van der Waals surface area contributed by atoms with Crippen LogP contribution in [0.3, 0.4) is 0 Å². The summed E-state index contributed by atoms with van der Waals surface area (Å²) in [6.07, 6.45) is 1.32. The van der Waals surface area contributed by atoms with Gasteiger partial charge >= 0.3 is 0 Å². The highest BCUT2D eigenvalue weighted by molar-refractivity contribution is 6.28. The predicted molar refractivity (Wildman–Crippen MR) is 32.6 cm³/mol. The minimum Gasteiger partial charge on any atom is -0.200 e. The Labute approximate surface area is 57.7 Å². The second kappa shape index (κ2) is 2.31. The summed E-state index contributed by atoms with van der Waals surface area (Å²) in [6.45, 7) is 0. The summed E-state index contributed by atoms with van der Waals surface area (Å²) in [5, 5.41) is 0.524. The molecule has 1 rings (SSSR count). The normalized spacial score (nSPS) is 9.67. The monoisotopic (exact) mass is 146 g/mol. The van der Waals surface area contributed by atoms with Gasteiger partial charge in [0.1, 0.15) is 7.05 Å². The Bertz CT molecular complexity index is 224. The van der Waals surface area contributed by atoms with Gasteiger partial charge in [-0.3, -0.25) is 0 Å². The number of pyridine rings is 1. The summed E-state index contributed by atoms with van der Waals surface area (Å²) < 4.78 is 13.8. The first-order valence-corrected chi connectivity index (χ1v) is 2.88. The van der Waals surface area contributed by atoms with Crippen molar-refractivity contribution in [1.82, 2.24) is 0 Å². The van der Waals surface area contributed by atoms with Crippen LogP contribution >= 0.6 is 11.6 Å². The van der Waals surface area contributed by atoms with Gasteiger partial charge in [0, 0.05) is 6.07 Å². The standard InChI is InChI=1S/C6H6ClFN/c1-9-4-5(8)2-3-6(9)7/h2-4H,1H3/q+1. The molecule has 3 heteroatoms. The third-order valence-electron chi connectivity index (χ3n) is 1.03. The molecule has 1 heterocycles. The average molecular weight is 147 g/mol. The molecule has 0 saturated heterocycles. The third-order valence-corrected chi connectivity index (χ3v) is 1.43. The first-order valence-electron chi connectivity index (χ1n) is 2.51. The van der Waals surface area contributed by atoms with Crippen molar-refractivity contribution >= 4 is 11.6 Å². The Morgan fingerprint density at radius 3 is 2.67 bits per heavy atom. The van der Waals surface area contributed by atoms with E-state index in [1.54, 1.807) is 7.05 Å². The summed E-state index contributed by atoms with van der Waals surface area (Å²) in [5.74, 6) is -0.276. The summed E-state index contributed by atoms with van der Waals surface area (Å²) in [6, 6.07) is 2.83. The molecule has 0 atom stereocenters. The van der Waals surface area contributed by atoms with Crippen molar-refractivity contribution in [2.24, 2.45) is 7.05 Å². The summed E-state index contributed by atoms with van der Waals surface area (Å²) in [4.78, 5) is 0. The van der Waals surface area contributed by atoms with E-state index in [1.807, 2.05) is 0 Å². The van der Waals surface area contributed by atoms with Gasteiger partial charge in [0.05, 0.1) is 0 Å². The number of aryl methyl sites for hydroxylation is 1. The minimum absolute atomic E-state index is 0.276. The van der Waals surface area contributed by atoms with Crippen LogP contribution in [0, 0.1) is 5.82 Å². The van der Waals surface area contributed by atoms with Crippen LogP contribution in [0.25, 0.3) is 0 Å². The van der Waals surface area contributed by atoms with Crippen molar-refractivity contribution in [1.29, 1.82) is 0 Å². The van der Waals surface area contributed by atoms with Gasteiger partial charge in [-0.2, -0.15) is 4.57 Å². The zero-order valence-corrected chi connectivity index (χ0v) is 5.69. The van der Waals surface area contributed by atoms with E-state index >= 15 is 0 Å². The number of hydrogen-bond acceptors (Lipinski definition) is 0. The van der Waals surface area contributed by atoms with Gasteiger partial charge < -0.3 is 0 Å². The molecule has 0 radical (unpaired) electrons. The van der Waals surface area contributed by atoms with Crippen molar-refractivity contribution in [3.8, 4) is 0 Å². The van der Waals surface area contributed by atoms with Crippen molar-refractivity contribution in [2.75, 3.05) is 0 Å². The lowest BCUT2D eigenvalue weighted by molar-refractivity contribution is -0.670. The van der Waals surface area contributed by atoms with E-state index in [-0.39, 0.29) is 5.82 Å². The third kappa shape index (κ3) is 1.39. The molecule has 0 aliphatic heterocycles. The summed E-state index contributed by atoms with van der Waals surface area (Å²) >= 11 is 5.58. The molecule has 0 aliphatic carbocycles. The predicted octanol–water partition coefficient (Wildman–Crippen LogP) is 1.30. The van der Waals surface area contributed by atoms with Crippen LogP contribution in [-0.4, -0.2) is 0 Å². The highest BCUT2D eigenvalue weighted by Gasteiger charge is 2.01. The fraction of sp³-hybridized carbons (Fsp3) is 0.167. The van der Waals surface area contributed by atoms with Crippen molar-refractivity contribution in [3.05, 3.63) is 29.3 Å². The van der Waals surface area contributed by atoms with Gasteiger partial charge in [-0.15, -0.1) is 0 Å². The lowest BCUT2D eigenvalue weighted by Gasteiger charge is -1.87. The number of hydrogen-bond donors (Lipinski definition) is 0. The minimum atomic E-state index is -0.276. The molecule has 0 unspecified atom stereocenters. The molecule has 0 amide bonds. The van der Waals surface area contributed by atoms with Crippen LogP contribution in [0.15, 0.2) is 18.3 Å². The number of nitrogens with zero attached hydrogens (tertiary/aromatic N) is 1. The lowest BCUT2D eigenvalue weighted by Crippen LogP contribution is -2.29. The van der Waals surface area contributed by atoms with Crippen LogP contribution in [0.2, 0.25) is 5.15 Å². The zero-order chi connectivity index (χ0) is 6.85.